The molecule has 2 aliphatic rings. The second-order valence-electron chi connectivity index (χ2n) is 10.5. The maximum atomic E-state index is 14.8. The Morgan fingerprint density at radius 1 is 0.909 bits per heavy atom. The third-order valence-corrected chi connectivity index (χ3v) is 8.01. The molecule has 1 aromatic rings. The minimum Gasteiger partial charge on any atom is -0.487 e. The summed E-state index contributed by atoms with van der Waals surface area (Å²) >= 11 is 0. The van der Waals surface area contributed by atoms with E-state index in [9.17, 15) is 13.2 Å². The fourth-order valence-electron chi connectivity index (χ4n) is 6.01. The average molecular weight is 465 g/mol. The van der Waals surface area contributed by atoms with Crippen LogP contribution in [0.15, 0.2) is 24.3 Å². The van der Waals surface area contributed by atoms with Crippen LogP contribution in [0.2, 0.25) is 0 Å². The molecular formula is C29H43F3O. The molecule has 1 aromatic carbocycles. The maximum Gasteiger partial charge on any atom is 0.200 e. The van der Waals surface area contributed by atoms with Crippen molar-refractivity contribution in [2.24, 2.45) is 17.8 Å². The Balaban J connectivity index is 1.45. The van der Waals surface area contributed by atoms with Gasteiger partial charge in [0.15, 0.2) is 11.6 Å². The Labute approximate surface area is 199 Å². The first-order valence-electron chi connectivity index (χ1n) is 13.4. The largest absolute Gasteiger partial charge is 0.487 e. The van der Waals surface area contributed by atoms with Gasteiger partial charge in [0, 0.05) is 0 Å². The van der Waals surface area contributed by atoms with E-state index in [1.54, 1.807) is 6.07 Å². The number of allylic oxidation sites excluding steroid dienone is 2. The van der Waals surface area contributed by atoms with Crippen molar-refractivity contribution in [2.45, 2.75) is 109 Å². The maximum absolute atomic E-state index is 14.8. The number of rotatable bonds is 11. The Kier molecular flexibility index (Phi) is 10.7. The van der Waals surface area contributed by atoms with Gasteiger partial charge in [0.05, 0.1) is 0 Å². The molecule has 0 amide bonds. The first-order valence-corrected chi connectivity index (χ1v) is 13.4. The SMILES string of the molecule is C/C=C/CCC1CCC(c2ccc(OCC(F)CC3CCC(CCC)CC3)c(F)c2F)CC1. The van der Waals surface area contributed by atoms with Crippen molar-refractivity contribution in [3.63, 3.8) is 0 Å². The molecule has 3 rings (SSSR count). The third-order valence-electron chi connectivity index (χ3n) is 8.01. The molecule has 1 atom stereocenters. The summed E-state index contributed by atoms with van der Waals surface area (Å²) in [5.41, 5.74) is 0.451. The molecule has 0 aliphatic heterocycles. The van der Waals surface area contributed by atoms with Crippen LogP contribution < -0.4 is 4.74 Å². The van der Waals surface area contributed by atoms with E-state index in [-0.39, 0.29) is 18.3 Å². The smallest absolute Gasteiger partial charge is 0.200 e. The van der Waals surface area contributed by atoms with Crippen molar-refractivity contribution in [3.05, 3.63) is 41.5 Å². The zero-order valence-electron chi connectivity index (χ0n) is 20.6. The number of hydrogen-bond donors (Lipinski definition) is 0. The van der Waals surface area contributed by atoms with Crippen LogP contribution in [0.5, 0.6) is 5.75 Å². The molecule has 33 heavy (non-hydrogen) atoms. The lowest BCUT2D eigenvalue weighted by molar-refractivity contribution is 0.142. The van der Waals surface area contributed by atoms with Crippen molar-refractivity contribution < 1.29 is 17.9 Å². The molecule has 0 heterocycles. The molecule has 1 nitrogen and oxygen atoms in total. The topological polar surface area (TPSA) is 9.23 Å². The number of ether oxygens (including phenoxy) is 1. The Morgan fingerprint density at radius 2 is 1.55 bits per heavy atom. The minimum atomic E-state index is -1.14. The lowest BCUT2D eigenvalue weighted by atomic mass is 9.77. The summed E-state index contributed by atoms with van der Waals surface area (Å²) in [6.45, 7) is 4.05. The highest BCUT2D eigenvalue weighted by Gasteiger charge is 2.27. The van der Waals surface area contributed by atoms with Crippen molar-refractivity contribution in [2.75, 3.05) is 6.61 Å². The van der Waals surface area contributed by atoms with Crippen LogP contribution in [-0.4, -0.2) is 12.8 Å². The molecule has 0 spiro atoms. The average Bonchev–Trinajstić information content (AvgIpc) is 2.82. The summed E-state index contributed by atoms with van der Waals surface area (Å²) in [6, 6.07) is 3.15. The monoisotopic (exact) mass is 464 g/mol. The number of benzene rings is 1. The summed E-state index contributed by atoms with van der Waals surface area (Å²) in [6.07, 6.45) is 16.8. The van der Waals surface area contributed by atoms with Crippen LogP contribution in [0.25, 0.3) is 0 Å². The first kappa shape index (κ1) is 26.2. The summed E-state index contributed by atoms with van der Waals surface area (Å²) in [4.78, 5) is 0. The van der Waals surface area contributed by atoms with Crippen LogP contribution in [0.1, 0.15) is 109 Å². The fourth-order valence-corrected chi connectivity index (χ4v) is 6.01. The minimum absolute atomic E-state index is 0.0586. The van der Waals surface area contributed by atoms with E-state index in [1.807, 2.05) is 6.92 Å². The highest BCUT2D eigenvalue weighted by Crippen LogP contribution is 2.40. The standard InChI is InChI=1S/C29H43F3O/c1-3-5-6-8-22-13-15-24(16-14-22)26-17-18-27(29(32)28(26)31)33-20-25(30)19-23-11-9-21(7-4-2)10-12-23/h3,5,17-18,21-25H,4,6-16,19-20H2,1-2H3/b5-3+. The molecule has 0 aromatic heterocycles. The highest BCUT2D eigenvalue weighted by molar-refractivity contribution is 5.33. The van der Waals surface area contributed by atoms with Gasteiger partial charge in [-0.2, -0.15) is 4.39 Å². The molecule has 0 bridgehead atoms. The van der Waals surface area contributed by atoms with Crippen LogP contribution in [0.4, 0.5) is 13.2 Å². The number of halogens is 3. The molecule has 0 N–H and O–H groups in total. The molecule has 0 saturated heterocycles. The fraction of sp³-hybridized carbons (Fsp3) is 0.724. The molecule has 2 fully saturated rings. The van der Waals surface area contributed by atoms with Gasteiger partial charge in [0.25, 0.3) is 0 Å². The molecule has 2 saturated carbocycles. The summed E-state index contributed by atoms with van der Waals surface area (Å²) in [7, 11) is 0. The van der Waals surface area contributed by atoms with Gasteiger partial charge in [-0.15, -0.1) is 0 Å². The summed E-state index contributed by atoms with van der Waals surface area (Å²) in [5, 5.41) is 0. The zero-order valence-corrected chi connectivity index (χ0v) is 20.6. The quantitative estimate of drug-likeness (QED) is 0.296. The van der Waals surface area contributed by atoms with Crippen LogP contribution in [-0.2, 0) is 0 Å². The van der Waals surface area contributed by atoms with E-state index in [1.165, 1.54) is 38.2 Å². The second-order valence-corrected chi connectivity index (χ2v) is 10.5. The van der Waals surface area contributed by atoms with E-state index in [0.717, 1.165) is 50.9 Å². The van der Waals surface area contributed by atoms with E-state index >= 15 is 0 Å². The molecule has 0 radical (unpaired) electrons. The van der Waals surface area contributed by atoms with Gasteiger partial charge in [-0.05, 0) is 87.2 Å². The van der Waals surface area contributed by atoms with Gasteiger partial charge >= 0.3 is 0 Å². The van der Waals surface area contributed by atoms with Crippen molar-refractivity contribution >= 4 is 0 Å². The zero-order chi connectivity index (χ0) is 23.6. The van der Waals surface area contributed by atoms with Gasteiger partial charge in [-0.3, -0.25) is 0 Å². The number of hydrogen-bond acceptors (Lipinski definition) is 1. The van der Waals surface area contributed by atoms with Crippen LogP contribution in [0, 0.1) is 29.4 Å². The van der Waals surface area contributed by atoms with Gasteiger partial charge in [-0.1, -0.05) is 63.7 Å². The lowest BCUT2D eigenvalue weighted by Crippen LogP contribution is -2.22. The van der Waals surface area contributed by atoms with Crippen molar-refractivity contribution in [1.82, 2.24) is 0 Å². The van der Waals surface area contributed by atoms with Crippen LogP contribution >= 0.6 is 0 Å². The van der Waals surface area contributed by atoms with Gasteiger partial charge in [-0.25, -0.2) is 8.78 Å². The highest BCUT2D eigenvalue weighted by atomic mass is 19.2. The molecule has 1 unspecified atom stereocenters. The molecule has 186 valence electrons. The lowest BCUT2D eigenvalue weighted by Gasteiger charge is -2.29. The van der Waals surface area contributed by atoms with Crippen molar-refractivity contribution in [3.8, 4) is 5.75 Å². The van der Waals surface area contributed by atoms with Gasteiger partial charge < -0.3 is 4.74 Å². The Hall–Kier alpha value is -1.45. The predicted octanol–water partition coefficient (Wildman–Crippen LogP) is 9.31. The Morgan fingerprint density at radius 3 is 2.21 bits per heavy atom. The third kappa shape index (κ3) is 7.79. The first-order chi connectivity index (χ1) is 16.0. The van der Waals surface area contributed by atoms with E-state index < -0.39 is 17.8 Å². The van der Waals surface area contributed by atoms with Crippen molar-refractivity contribution in [1.29, 1.82) is 0 Å². The number of alkyl halides is 1. The van der Waals surface area contributed by atoms with E-state index in [4.69, 9.17) is 4.74 Å². The van der Waals surface area contributed by atoms with E-state index in [0.29, 0.717) is 23.8 Å². The normalized spacial score (nSPS) is 27.1. The Bertz CT molecular complexity index is 731. The van der Waals surface area contributed by atoms with Crippen LogP contribution in [0.3, 0.4) is 0 Å². The van der Waals surface area contributed by atoms with E-state index in [2.05, 4.69) is 19.1 Å². The summed E-state index contributed by atoms with van der Waals surface area (Å²) in [5.74, 6) is -0.0206. The summed E-state index contributed by atoms with van der Waals surface area (Å²) < 4.78 is 49.4. The second kappa shape index (κ2) is 13.4. The predicted molar refractivity (Wildman–Crippen MR) is 130 cm³/mol. The van der Waals surface area contributed by atoms with Gasteiger partial charge in [0.1, 0.15) is 12.8 Å². The van der Waals surface area contributed by atoms with Gasteiger partial charge in [0.2, 0.25) is 5.82 Å². The molecular weight excluding hydrogens is 421 g/mol. The molecule has 2 aliphatic carbocycles. The molecule has 4 heteroatoms.